The summed E-state index contributed by atoms with van der Waals surface area (Å²) in [6.07, 6.45) is 7.28. The fourth-order valence-corrected chi connectivity index (χ4v) is 2.66. The van der Waals surface area contributed by atoms with Crippen LogP contribution in [-0.2, 0) is 4.74 Å². The maximum atomic E-state index is 9.75. The second-order valence-electron chi connectivity index (χ2n) is 6.36. The molecule has 4 N–H and O–H groups in total. The largest absolute Gasteiger partial charge is 0.478 e. The van der Waals surface area contributed by atoms with Gasteiger partial charge in [-0.15, -0.1) is 0 Å². The van der Waals surface area contributed by atoms with Crippen molar-refractivity contribution in [3.63, 3.8) is 0 Å². The Balaban J connectivity index is 2.63. The summed E-state index contributed by atoms with van der Waals surface area (Å²) in [7, 11) is 0. The molecule has 22 heavy (non-hydrogen) atoms. The second-order valence-corrected chi connectivity index (χ2v) is 6.36. The van der Waals surface area contributed by atoms with Gasteiger partial charge in [-0.05, 0) is 6.42 Å². The smallest absolute Gasteiger partial charge is 0.195 e. The third-order valence-electron chi connectivity index (χ3n) is 4.47. The van der Waals surface area contributed by atoms with Gasteiger partial charge in [0, 0.05) is 0 Å². The first-order chi connectivity index (χ1) is 10.6. The minimum absolute atomic E-state index is 0.0770. The molecule has 1 aliphatic rings. The van der Waals surface area contributed by atoms with Crippen LogP contribution in [0, 0.1) is 5.41 Å². The van der Waals surface area contributed by atoms with Gasteiger partial charge in [-0.1, -0.05) is 45.4 Å². The third-order valence-corrected chi connectivity index (χ3v) is 4.47. The zero-order valence-electron chi connectivity index (χ0n) is 13.6. The highest BCUT2D eigenvalue weighted by atomic mass is 16.5. The Morgan fingerprint density at radius 3 is 2.09 bits per heavy atom. The standard InChI is InChI=1S/C16H31NO5/c1-2-3-4-5-6-7-8-15(9-18,10-19)14-17-16(11-20,12-21)13-22-14/h18-21H,2-13H2,1H3. The molecule has 6 heteroatoms. The Morgan fingerprint density at radius 2 is 1.59 bits per heavy atom. The minimum atomic E-state index is -1.05. The molecule has 0 saturated carbocycles. The Bertz CT molecular complexity index is 337. The van der Waals surface area contributed by atoms with Crippen LogP contribution in [0.25, 0.3) is 0 Å². The van der Waals surface area contributed by atoms with Crippen LogP contribution in [0.2, 0.25) is 0 Å². The quantitative estimate of drug-likeness (QED) is 0.400. The third kappa shape index (κ3) is 4.65. The van der Waals surface area contributed by atoms with Crippen molar-refractivity contribution in [3.8, 4) is 0 Å². The van der Waals surface area contributed by atoms with Gasteiger partial charge in [0.15, 0.2) is 5.90 Å². The molecular formula is C16H31NO5. The molecule has 0 bridgehead atoms. The van der Waals surface area contributed by atoms with E-state index in [2.05, 4.69) is 11.9 Å². The maximum absolute atomic E-state index is 9.75. The van der Waals surface area contributed by atoms with Crippen molar-refractivity contribution in [2.24, 2.45) is 10.4 Å². The molecule has 1 rings (SSSR count). The second kappa shape index (κ2) is 9.45. The van der Waals surface area contributed by atoms with Crippen molar-refractivity contribution in [1.29, 1.82) is 0 Å². The van der Waals surface area contributed by atoms with E-state index in [0.717, 1.165) is 19.3 Å². The van der Waals surface area contributed by atoms with Crippen molar-refractivity contribution in [2.45, 2.75) is 57.4 Å². The number of unbranched alkanes of at least 4 members (excludes halogenated alkanes) is 5. The van der Waals surface area contributed by atoms with E-state index in [-0.39, 0.29) is 38.9 Å². The summed E-state index contributed by atoms with van der Waals surface area (Å²) < 4.78 is 5.50. The summed E-state index contributed by atoms with van der Waals surface area (Å²) in [6, 6.07) is 0. The SMILES string of the molecule is CCCCCCCCC(CO)(CO)C1=NC(CO)(CO)CO1. The summed E-state index contributed by atoms with van der Waals surface area (Å²) in [5.41, 5.74) is -1.97. The highest BCUT2D eigenvalue weighted by molar-refractivity contribution is 5.85. The van der Waals surface area contributed by atoms with Crippen LogP contribution in [0.4, 0.5) is 0 Å². The molecule has 0 spiro atoms. The number of ether oxygens (including phenoxy) is 1. The van der Waals surface area contributed by atoms with Crippen LogP contribution in [0.5, 0.6) is 0 Å². The molecule has 0 fully saturated rings. The van der Waals surface area contributed by atoms with E-state index in [1.807, 2.05) is 0 Å². The number of rotatable bonds is 12. The topological polar surface area (TPSA) is 103 Å². The van der Waals surface area contributed by atoms with Crippen molar-refractivity contribution >= 4 is 5.90 Å². The molecule has 0 atom stereocenters. The highest BCUT2D eigenvalue weighted by Gasteiger charge is 2.44. The molecule has 0 saturated heterocycles. The first-order valence-corrected chi connectivity index (χ1v) is 8.28. The van der Waals surface area contributed by atoms with Gasteiger partial charge in [-0.3, -0.25) is 0 Å². The predicted molar refractivity (Wildman–Crippen MR) is 84.9 cm³/mol. The predicted octanol–water partition coefficient (Wildman–Crippen LogP) is 0.860. The Morgan fingerprint density at radius 1 is 1.00 bits per heavy atom. The summed E-state index contributed by atoms with van der Waals surface area (Å²) in [5, 5.41) is 38.2. The molecule has 1 heterocycles. The van der Waals surface area contributed by atoms with Crippen LogP contribution in [-0.4, -0.2) is 64.9 Å². The van der Waals surface area contributed by atoms with Crippen LogP contribution in [0.15, 0.2) is 4.99 Å². The van der Waals surface area contributed by atoms with Gasteiger partial charge in [0.25, 0.3) is 0 Å². The number of aliphatic hydroxyl groups excluding tert-OH is 4. The fourth-order valence-electron chi connectivity index (χ4n) is 2.66. The average Bonchev–Trinajstić information content (AvgIpc) is 3.00. The number of hydrogen-bond donors (Lipinski definition) is 4. The lowest BCUT2D eigenvalue weighted by atomic mass is 9.83. The van der Waals surface area contributed by atoms with E-state index in [4.69, 9.17) is 4.74 Å². The normalized spacial score (nSPS) is 17.4. The number of nitrogens with zero attached hydrogens (tertiary/aromatic N) is 1. The molecule has 0 unspecified atom stereocenters. The van der Waals surface area contributed by atoms with E-state index in [9.17, 15) is 20.4 Å². The molecule has 1 aliphatic heterocycles. The fraction of sp³-hybridized carbons (Fsp3) is 0.938. The first-order valence-electron chi connectivity index (χ1n) is 8.28. The lowest BCUT2D eigenvalue weighted by Gasteiger charge is -2.28. The van der Waals surface area contributed by atoms with Crippen LogP contribution in [0.3, 0.4) is 0 Å². The average molecular weight is 317 g/mol. The summed E-state index contributed by atoms with van der Waals surface area (Å²) in [6.45, 7) is 1.09. The van der Waals surface area contributed by atoms with E-state index in [1.54, 1.807) is 0 Å². The van der Waals surface area contributed by atoms with Gasteiger partial charge in [0.1, 0.15) is 12.1 Å². The van der Waals surface area contributed by atoms with E-state index in [0.29, 0.717) is 6.42 Å². The summed E-state index contributed by atoms with van der Waals surface area (Å²) in [4.78, 5) is 4.27. The first kappa shape index (κ1) is 19.4. The molecule has 0 aromatic carbocycles. The summed E-state index contributed by atoms with van der Waals surface area (Å²) in [5.74, 6) is 0.258. The van der Waals surface area contributed by atoms with Gasteiger partial charge in [0.05, 0.1) is 31.8 Å². The Labute approximate surface area is 132 Å². The molecule has 0 amide bonds. The van der Waals surface area contributed by atoms with Crippen LogP contribution >= 0.6 is 0 Å². The van der Waals surface area contributed by atoms with Crippen molar-refractivity contribution in [3.05, 3.63) is 0 Å². The number of hydrogen-bond acceptors (Lipinski definition) is 6. The zero-order valence-corrected chi connectivity index (χ0v) is 13.6. The van der Waals surface area contributed by atoms with Gasteiger partial charge in [-0.25, -0.2) is 4.99 Å². The van der Waals surface area contributed by atoms with Crippen molar-refractivity contribution in [1.82, 2.24) is 0 Å². The van der Waals surface area contributed by atoms with Gasteiger partial charge in [0.2, 0.25) is 0 Å². The lowest BCUT2D eigenvalue weighted by Crippen LogP contribution is -2.39. The van der Waals surface area contributed by atoms with E-state index >= 15 is 0 Å². The molecule has 0 aliphatic carbocycles. The lowest BCUT2D eigenvalue weighted by molar-refractivity contribution is 0.0707. The molecule has 6 nitrogen and oxygen atoms in total. The monoisotopic (exact) mass is 317 g/mol. The molecule has 0 radical (unpaired) electrons. The molecular weight excluding hydrogens is 286 g/mol. The number of aliphatic imine (C=N–C) groups is 1. The Hall–Kier alpha value is -0.690. The van der Waals surface area contributed by atoms with E-state index < -0.39 is 11.0 Å². The maximum Gasteiger partial charge on any atom is 0.195 e. The van der Waals surface area contributed by atoms with Crippen LogP contribution in [0.1, 0.15) is 51.9 Å². The molecule has 0 aromatic heterocycles. The summed E-state index contributed by atoms with van der Waals surface area (Å²) >= 11 is 0. The van der Waals surface area contributed by atoms with Crippen molar-refractivity contribution < 1.29 is 25.2 Å². The number of aliphatic hydroxyl groups is 4. The zero-order chi connectivity index (χ0) is 16.5. The minimum Gasteiger partial charge on any atom is -0.478 e. The molecule has 0 aromatic rings. The Kier molecular flexibility index (Phi) is 8.31. The van der Waals surface area contributed by atoms with Crippen LogP contribution < -0.4 is 0 Å². The van der Waals surface area contributed by atoms with Crippen molar-refractivity contribution in [2.75, 3.05) is 33.0 Å². The highest BCUT2D eigenvalue weighted by Crippen LogP contribution is 2.32. The van der Waals surface area contributed by atoms with Gasteiger partial charge < -0.3 is 25.2 Å². The van der Waals surface area contributed by atoms with Gasteiger partial charge in [-0.2, -0.15) is 0 Å². The van der Waals surface area contributed by atoms with E-state index in [1.165, 1.54) is 19.3 Å². The van der Waals surface area contributed by atoms with Gasteiger partial charge >= 0.3 is 0 Å². The molecule has 130 valence electrons.